The summed E-state index contributed by atoms with van der Waals surface area (Å²) >= 11 is 0. The SMILES string of the molecule is CN1CCC(Oc2cc3ccccc3cc2C(N)=O)C1. The van der Waals surface area contributed by atoms with Crippen LogP contribution in [0, 0.1) is 0 Å². The molecule has 1 unspecified atom stereocenters. The fourth-order valence-corrected chi connectivity index (χ4v) is 2.68. The number of nitrogens with zero attached hydrogens (tertiary/aromatic N) is 1. The maximum absolute atomic E-state index is 11.6. The highest BCUT2D eigenvalue weighted by Crippen LogP contribution is 2.28. The van der Waals surface area contributed by atoms with E-state index in [9.17, 15) is 4.79 Å². The topological polar surface area (TPSA) is 55.6 Å². The van der Waals surface area contributed by atoms with Gasteiger partial charge in [0.05, 0.1) is 5.56 Å². The van der Waals surface area contributed by atoms with Gasteiger partial charge in [0.15, 0.2) is 0 Å². The van der Waals surface area contributed by atoms with E-state index in [-0.39, 0.29) is 6.10 Å². The first-order valence-corrected chi connectivity index (χ1v) is 6.81. The van der Waals surface area contributed by atoms with Crippen LogP contribution in [0.2, 0.25) is 0 Å². The molecule has 2 aromatic rings. The van der Waals surface area contributed by atoms with Crippen LogP contribution in [0.25, 0.3) is 10.8 Å². The Kier molecular flexibility index (Phi) is 3.32. The van der Waals surface area contributed by atoms with Crippen molar-refractivity contribution in [2.75, 3.05) is 20.1 Å². The smallest absolute Gasteiger partial charge is 0.252 e. The molecule has 20 heavy (non-hydrogen) atoms. The van der Waals surface area contributed by atoms with Gasteiger partial charge in [-0.2, -0.15) is 0 Å². The normalized spacial score (nSPS) is 19.4. The van der Waals surface area contributed by atoms with Crippen molar-refractivity contribution in [1.82, 2.24) is 4.90 Å². The van der Waals surface area contributed by atoms with Crippen molar-refractivity contribution in [1.29, 1.82) is 0 Å². The minimum absolute atomic E-state index is 0.124. The Morgan fingerprint density at radius 2 is 2.00 bits per heavy atom. The van der Waals surface area contributed by atoms with E-state index in [0.717, 1.165) is 30.3 Å². The van der Waals surface area contributed by atoms with Crippen LogP contribution in [0.15, 0.2) is 36.4 Å². The number of hydrogen-bond acceptors (Lipinski definition) is 3. The molecule has 0 aliphatic carbocycles. The molecule has 1 amide bonds. The van der Waals surface area contributed by atoms with E-state index in [1.807, 2.05) is 36.4 Å². The highest BCUT2D eigenvalue weighted by atomic mass is 16.5. The monoisotopic (exact) mass is 270 g/mol. The van der Waals surface area contributed by atoms with Crippen LogP contribution in [0.1, 0.15) is 16.8 Å². The van der Waals surface area contributed by atoms with Crippen LogP contribution in [-0.4, -0.2) is 37.0 Å². The van der Waals surface area contributed by atoms with E-state index in [1.54, 1.807) is 0 Å². The van der Waals surface area contributed by atoms with Gasteiger partial charge >= 0.3 is 0 Å². The molecule has 1 aliphatic rings. The van der Waals surface area contributed by atoms with Crippen molar-refractivity contribution in [2.45, 2.75) is 12.5 Å². The molecule has 0 saturated carbocycles. The number of carbonyl (C=O) groups excluding carboxylic acids is 1. The fraction of sp³-hybridized carbons (Fsp3) is 0.312. The lowest BCUT2D eigenvalue weighted by atomic mass is 10.1. The second-order valence-electron chi connectivity index (χ2n) is 5.35. The number of benzene rings is 2. The third-order valence-electron chi connectivity index (χ3n) is 3.76. The Morgan fingerprint density at radius 1 is 1.30 bits per heavy atom. The van der Waals surface area contributed by atoms with Gasteiger partial charge in [-0.3, -0.25) is 4.79 Å². The summed E-state index contributed by atoms with van der Waals surface area (Å²) in [6, 6.07) is 11.6. The largest absolute Gasteiger partial charge is 0.488 e. The van der Waals surface area contributed by atoms with Gasteiger partial charge in [0.1, 0.15) is 11.9 Å². The molecule has 2 aromatic carbocycles. The first-order valence-electron chi connectivity index (χ1n) is 6.81. The Balaban J connectivity index is 1.99. The predicted octanol–water partition coefficient (Wildman–Crippen LogP) is 2.02. The van der Waals surface area contributed by atoms with Crippen molar-refractivity contribution in [3.8, 4) is 5.75 Å². The third kappa shape index (κ3) is 2.47. The molecule has 1 heterocycles. The molecule has 4 heteroatoms. The van der Waals surface area contributed by atoms with E-state index in [1.165, 1.54) is 0 Å². The molecule has 0 bridgehead atoms. The number of nitrogens with two attached hydrogens (primary N) is 1. The van der Waals surface area contributed by atoms with Gasteiger partial charge in [0, 0.05) is 13.1 Å². The van der Waals surface area contributed by atoms with Crippen molar-refractivity contribution < 1.29 is 9.53 Å². The fourth-order valence-electron chi connectivity index (χ4n) is 2.68. The van der Waals surface area contributed by atoms with E-state index >= 15 is 0 Å². The zero-order chi connectivity index (χ0) is 14.1. The Morgan fingerprint density at radius 3 is 2.60 bits per heavy atom. The number of carbonyl (C=O) groups is 1. The minimum Gasteiger partial charge on any atom is -0.488 e. The minimum atomic E-state index is -0.447. The van der Waals surface area contributed by atoms with Crippen molar-refractivity contribution >= 4 is 16.7 Å². The van der Waals surface area contributed by atoms with Crippen molar-refractivity contribution in [3.05, 3.63) is 42.0 Å². The molecular formula is C16H18N2O2. The molecule has 0 aromatic heterocycles. The molecule has 0 radical (unpaired) electrons. The third-order valence-corrected chi connectivity index (χ3v) is 3.76. The maximum Gasteiger partial charge on any atom is 0.252 e. The summed E-state index contributed by atoms with van der Waals surface area (Å²) in [5, 5.41) is 2.05. The quantitative estimate of drug-likeness (QED) is 0.928. The number of rotatable bonds is 3. The summed E-state index contributed by atoms with van der Waals surface area (Å²) in [6.07, 6.45) is 1.10. The van der Waals surface area contributed by atoms with Crippen LogP contribution in [0.3, 0.4) is 0 Å². The van der Waals surface area contributed by atoms with Gasteiger partial charge in [-0.15, -0.1) is 0 Å². The van der Waals surface area contributed by atoms with Crippen LogP contribution in [-0.2, 0) is 0 Å². The van der Waals surface area contributed by atoms with Gasteiger partial charge in [-0.05, 0) is 36.4 Å². The summed E-state index contributed by atoms with van der Waals surface area (Å²) in [5.74, 6) is 0.147. The standard InChI is InChI=1S/C16H18N2O2/c1-18-7-6-13(10-18)20-15-9-12-5-3-2-4-11(12)8-14(15)16(17)19/h2-5,8-9,13H,6-7,10H2,1H3,(H2,17,19). The Hall–Kier alpha value is -2.07. The molecule has 4 nitrogen and oxygen atoms in total. The van der Waals surface area contributed by atoms with Gasteiger partial charge in [-0.1, -0.05) is 24.3 Å². The van der Waals surface area contributed by atoms with Crippen molar-refractivity contribution in [3.63, 3.8) is 0 Å². The summed E-state index contributed by atoms with van der Waals surface area (Å²) in [4.78, 5) is 13.9. The summed E-state index contributed by atoms with van der Waals surface area (Å²) in [6.45, 7) is 1.90. The molecule has 2 N–H and O–H groups in total. The lowest BCUT2D eigenvalue weighted by molar-refractivity contribution is 0.0993. The van der Waals surface area contributed by atoms with Crippen LogP contribution in [0.4, 0.5) is 0 Å². The Bertz CT molecular complexity index is 654. The van der Waals surface area contributed by atoms with Gasteiger partial charge < -0.3 is 15.4 Å². The van der Waals surface area contributed by atoms with Crippen LogP contribution < -0.4 is 10.5 Å². The van der Waals surface area contributed by atoms with Gasteiger partial charge in [0.25, 0.3) is 5.91 Å². The second kappa shape index (κ2) is 5.13. The lowest BCUT2D eigenvalue weighted by Crippen LogP contribution is -2.23. The Labute approximate surface area is 118 Å². The molecular weight excluding hydrogens is 252 g/mol. The molecule has 1 saturated heterocycles. The number of likely N-dealkylation sites (N-methyl/N-ethyl adjacent to an activating group) is 1. The summed E-state index contributed by atoms with van der Waals surface area (Å²) in [5.41, 5.74) is 5.93. The number of fused-ring (bicyclic) bond motifs is 1. The summed E-state index contributed by atoms with van der Waals surface area (Å²) < 4.78 is 6.00. The average Bonchev–Trinajstić information content (AvgIpc) is 2.83. The van der Waals surface area contributed by atoms with E-state index in [0.29, 0.717) is 11.3 Å². The number of amides is 1. The van der Waals surface area contributed by atoms with Gasteiger partial charge in [-0.25, -0.2) is 0 Å². The number of hydrogen-bond donors (Lipinski definition) is 1. The predicted molar refractivity (Wildman–Crippen MR) is 79.0 cm³/mol. The molecule has 1 atom stereocenters. The molecule has 0 spiro atoms. The molecule has 1 aliphatic heterocycles. The zero-order valence-electron chi connectivity index (χ0n) is 11.5. The molecule has 104 valence electrons. The van der Waals surface area contributed by atoms with Gasteiger partial charge in [0.2, 0.25) is 0 Å². The van der Waals surface area contributed by atoms with Crippen molar-refractivity contribution in [2.24, 2.45) is 5.73 Å². The molecule has 3 rings (SSSR count). The van der Waals surface area contributed by atoms with Crippen LogP contribution in [0.5, 0.6) is 5.75 Å². The maximum atomic E-state index is 11.6. The van der Waals surface area contributed by atoms with Crippen LogP contribution >= 0.6 is 0 Å². The van der Waals surface area contributed by atoms with E-state index in [2.05, 4.69) is 11.9 Å². The second-order valence-corrected chi connectivity index (χ2v) is 5.35. The lowest BCUT2D eigenvalue weighted by Gasteiger charge is -2.16. The zero-order valence-corrected chi connectivity index (χ0v) is 11.5. The summed E-state index contributed by atoms with van der Waals surface area (Å²) in [7, 11) is 2.07. The highest BCUT2D eigenvalue weighted by molar-refractivity contribution is 6.00. The number of primary amides is 1. The first kappa shape index (κ1) is 12.9. The van der Waals surface area contributed by atoms with E-state index < -0.39 is 5.91 Å². The highest BCUT2D eigenvalue weighted by Gasteiger charge is 2.23. The van der Waals surface area contributed by atoms with E-state index in [4.69, 9.17) is 10.5 Å². The molecule has 1 fully saturated rings. The number of likely N-dealkylation sites (tertiary alicyclic amines) is 1. The average molecular weight is 270 g/mol. The number of ether oxygens (including phenoxy) is 1. The first-order chi connectivity index (χ1) is 9.63.